The van der Waals surface area contributed by atoms with Crippen molar-refractivity contribution in [1.29, 1.82) is 0 Å². The van der Waals surface area contributed by atoms with Gasteiger partial charge in [-0.3, -0.25) is 0 Å². The number of para-hydroxylation sites is 1. The lowest BCUT2D eigenvalue weighted by Crippen LogP contribution is -2.55. The second-order valence-corrected chi connectivity index (χ2v) is 10.7. The fourth-order valence-corrected chi connectivity index (χ4v) is 6.04. The first-order valence-corrected chi connectivity index (χ1v) is 13.7. The van der Waals surface area contributed by atoms with Crippen molar-refractivity contribution in [3.8, 4) is 0 Å². The molecule has 4 aliphatic heterocycles. The van der Waals surface area contributed by atoms with Crippen molar-refractivity contribution in [3.63, 3.8) is 0 Å². The third-order valence-electron chi connectivity index (χ3n) is 6.79. The quantitative estimate of drug-likeness (QED) is 0.301. The Morgan fingerprint density at radius 3 is 1.88 bits per heavy atom. The normalized spacial score (nSPS) is 20.2. The van der Waals surface area contributed by atoms with Gasteiger partial charge in [-0.2, -0.15) is 0 Å². The van der Waals surface area contributed by atoms with Gasteiger partial charge in [-0.15, -0.1) is 0 Å². The first-order chi connectivity index (χ1) is 19.5. The number of hydrogen-bond acceptors (Lipinski definition) is 8. The Bertz CT molecular complexity index is 1250. The molecule has 0 aliphatic carbocycles. The topological polar surface area (TPSA) is 168 Å². The van der Waals surface area contributed by atoms with E-state index in [9.17, 15) is 19.2 Å². The number of carbonyl (C=O) groups is 4. The van der Waals surface area contributed by atoms with Crippen LogP contribution in [0.25, 0.3) is 0 Å². The second kappa shape index (κ2) is 15.0. The fraction of sp³-hybridized carbons (Fsp3) is 0.310. The molecule has 0 amide bonds. The van der Waals surface area contributed by atoms with Crippen LogP contribution in [-0.4, -0.2) is 81.9 Å². The Morgan fingerprint density at radius 1 is 0.829 bits per heavy atom. The zero-order valence-corrected chi connectivity index (χ0v) is 23.3. The smallest absolute Gasteiger partial charge is 0.328 e. The molecule has 4 aliphatic rings. The average Bonchev–Trinajstić information content (AvgIpc) is 2.95. The van der Waals surface area contributed by atoms with Crippen LogP contribution in [0.2, 0.25) is 0 Å². The molecule has 6 rings (SSSR count). The summed E-state index contributed by atoms with van der Waals surface area (Å²) >= 11 is 1.90. The summed E-state index contributed by atoms with van der Waals surface area (Å²) in [5.74, 6) is -4.14. The molecule has 12 heteroatoms. The SMILES string of the molecule is CN1c2ccccc2Sc2cc(CNC3CN4CCC3CC4)ccc21.O=C(O)/C=C/C(=O)O.O=C(O)/C=C/C(=O)O. The first kappa shape index (κ1) is 31.4. The third-order valence-corrected chi connectivity index (χ3v) is 7.91. The van der Waals surface area contributed by atoms with Crippen molar-refractivity contribution in [1.82, 2.24) is 10.2 Å². The summed E-state index contributed by atoms with van der Waals surface area (Å²) in [6, 6.07) is 16.3. The van der Waals surface area contributed by atoms with E-state index in [0.29, 0.717) is 30.3 Å². The van der Waals surface area contributed by atoms with Crippen molar-refractivity contribution >= 4 is 47.0 Å². The van der Waals surface area contributed by atoms with E-state index in [0.717, 1.165) is 12.5 Å². The van der Waals surface area contributed by atoms with Gasteiger partial charge in [-0.25, -0.2) is 19.2 Å². The van der Waals surface area contributed by atoms with E-state index in [4.69, 9.17) is 20.4 Å². The number of carboxylic acid groups (broad SMARTS) is 4. The summed E-state index contributed by atoms with van der Waals surface area (Å²) in [5, 5.41) is 35.1. The summed E-state index contributed by atoms with van der Waals surface area (Å²) in [4.78, 5) is 45.9. The molecule has 0 saturated carbocycles. The van der Waals surface area contributed by atoms with Gasteiger partial charge in [0.25, 0.3) is 0 Å². The van der Waals surface area contributed by atoms with Crippen LogP contribution in [0.1, 0.15) is 18.4 Å². The van der Waals surface area contributed by atoms with Gasteiger partial charge in [0.1, 0.15) is 0 Å². The van der Waals surface area contributed by atoms with Crippen molar-refractivity contribution in [2.24, 2.45) is 5.92 Å². The number of piperidine rings is 3. The predicted molar refractivity (Wildman–Crippen MR) is 154 cm³/mol. The van der Waals surface area contributed by atoms with Gasteiger partial charge in [0.15, 0.2) is 0 Å². The second-order valence-electron chi connectivity index (χ2n) is 9.58. The molecular formula is C29H33N3O8S. The van der Waals surface area contributed by atoms with Gasteiger partial charge >= 0.3 is 23.9 Å². The molecule has 2 bridgehead atoms. The van der Waals surface area contributed by atoms with E-state index in [1.54, 1.807) is 0 Å². The molecule has 2 aromatic carbocycles. The van der Waals surface area contributed by atoms with Crippen LogP contribution in [0, 0.1) is 5.92 Å². The number of rotatable bonds is 7. The van der Waals surface area contributed by atoms with Crippen LogP contribution >= 0.6 is 11.8 Å². The van der Waals surface area contributed by atoms with Gasteiger partial charge in [0.2, 0.25) is 0 Å². The zero-order valence-electron chi connectivity index (χ0n) is 22.5. The minimum absolute atomic E-state index is 0.558. The minimum Gasteiger partial charge on any atom is -0.478 e. The van der Waals surface area contributed by atoms with Gasteiger partial charge in [-0.05, 0) is 61.7 Å². The number of aliphatic carboxylic acids is 4. The highest BCUT2D eigenvalue weighted by Crippen LogP contribution is 2.47. The Balaban J connectivity index is 0.000000240. The van der Waals surface area contributed by atoms with E-state index in [-0.39, 0.29) is 0 Å². The summed E-state index contributed by atoms with van der Waals surface area (Å²) in [5.41, 5.74) is 4.02. The van der Waals surface area contributed by atoms with Crippen LogP contribution in [-0.2, 0) is 25.7 Å². The highest BCUT2D eigenvalue weighted by Gasteiger charge is 2.33. The lowest BCUT2D eigenvalue weighted by Gasteiger charge is -2.45. The summed E-state index contributed by atoms with van der Waals surface area (Å²) < 4.78 is 0. The lowest BCUT2D eigenvalue weighted by molar-refractivity contribution is -0.134. The number of fused-ring (bicyclic) bond motifs is 5. The molecule has 3 saturated heterocycles. The minimum atomic E-state index is -1.26. The third kappa shape index (κ3) is 9.78. The average molecular weight is 584 g/mol. The van der Waals surface area contributed by atoms with E-state index in [2.05, 4.69) is 64.6 Å². The number of nitrogens with one attached hydrogen (secondary N) is 1. The Morgan fingerprint density at radius 2 is 1.37 bits per heavy atom. The molecule has 2 aromatic rings. The van der Waals surface area contributed by atoms with Gasteiger partial charge in [-0.1, -0.05) is 30.0 Å². The highest BCUT2D eigenvalue weighted by atomic mass is 32.2. The van der Waals surface area contributed by atoms with Gasteiger partial charge in [0, 0.05) is 60.3 Å². The Kier molecular flexibility index (Phi) is 11.5. The van der Waals surface area contributed by atoms with E-state index < -0.39 is 23.9 Å². The van der Waals surface area contributed by atoms with Crippen molar-refractivity contribution in [2.45, 2.75) is 35.2 Å². The Hall–Kier alpha value is -4.13. The van der Waals surface area contributed by atoms with E-state index >= 15 is 0 Å². The monoisotopic (exact) mass is 583 g/mol. The van der Waals surface area contributed by atoms with Crippen molar-refractivity contribution < 1.29 is 39.6 Å². The standard InChI is InChI=1S/C21H25N3S.2C4H4O4/c1-23-18-4-2-3-5-20(18)25-21-12-15(6-7-19(21)23)13-22-17-14-24-10-8-16(17)9-11-24;2*5-3(6)1-2-4(7)8/h2-7,12,16-17,22H,8-11,13-14H2,1H3;2*1-2H,(H,5,6)(H,7,8)/b;2*2-1+. The number of nitrogens with zero attached hydrogens (tertiary/aromatic N) is 2. The maximum absolute atomic E-state index is 9.55. The lowest BCUT2D eigenvalue weighted by atomic mass is 9.84. The maximum Gasteiger partial charge on any atom is 0.328 e. The molecule has 1 unspecified atom stereocenters. The zero-order chi connectivity index (χ0) is 29.9. The summed E-state index contributed by atoms with van der Waals surface area (Å²) in [6.45, 7) is 4.84. The summed E-state index contributed by atoms with van der Waals surface area (Å²) in [6.07, 6.45) is 4.98. The molecule has 0 aromatic heterocycles. The maximum atomic E-state index is 9.55. The van der Waals surface area contributed by atoms with Crippen LogP contribution in [0.4, 0.5) is 11.4 Å². The molecular weight excluding hydrogens is 550 g/mol. The fourth-order valence-electron chi connectivity index (χ4n) is 4.83. The Labute approximate surface area is 241 Å². The largest absolute Gasteiger partial charge is 0.478 e. The number of anilines is 2. The van der Waals surface area contributed by atoms with Crippen molar-refractivity contribution in [2.75, 3.05) is 31.6 Å². The number of hydrogen-bond donors (Lipinski definition) is 5. The number of benzene rings is 2. The van der Waals surface area contributed by atoms with Crippen LogP contribution < -0.4 is 10.2 Å². The van der Waals surface area contributed by atoms with Gasteiger partial charge in [0.05, 0.1) is 11.4 Å². The molecule has 0 spiro atoms. The molecule has 1 atom stereocenters. The van der Waals surface area contributed by atoms with Crippen LogP contribution in [0.15, 0.2) is 76.6 Å². The molecule has 0 radical (unpaired) electrons. The highest BCUT2D eigenvalue weighted by molar-refractivity contribution is 7.99. The molecule has 5 N–H and O–H groups in total. The van der Waals surface area contributed by atoms with Crippen molar-refractivity contribution in [3.05, 3.63) is 72.3 Å². The van der Waals surface area contributed by atoms with E-state index in [1.165, 1.54) is 59.2 Å². The van der Waals surface area contributed by atoms with E-state index in [1.807, 2.05) is 11.8 Å². The van der Waals surface area contributed by atoms with Crippen LogP contribution in [0.5, 0.6) is 0 Å². The molecule has 11 nitrogen and oxygen atoms in total. The molecule has 3 fully saturated rings. The van der Waals surface area contributed by atoms with Gasteiger partial charge < -0.3 is 35.5 Å². The molecule has 218 valence electrons. The molecule has 41 heavy (non-hydrogen) atoms. The molecule has 4 heterocycles. The first-order valence-electron chi connectivity index (χ1n) is 12.9. The number of carboxylic acids is 4. The predicted octanol–water partition coefficient (Wildman–Crippen LogP) is 3.53. The van der Waals surface area contributed by atoms with Crippen LogP contribution in [0.3, 0.4) is 0 Å². The summed E-state index contributed by atoms with van der Waals surface area (Å²) in [7, 11) is 2.17.